The van der Waals surface area contributed by atoms with Crippen molar-refractivity contribution in [3.05, 3.63) is 39.3 Å². The molecule has 1 aromatic carbocycles. The summed E-state index contributed by atoms with van der Waals surface area (Å²) in [5.41, 5.74) is 2.28. The van der Waals surface area contributed by atoms with Crippen LogP contribution in [0.3, 0.4) is 0 Å². The number of hydrogen-bond donors (Lipinski definition) is 4. The van der Waals surface area contributed by atoms with Gasteiger partial charge < -0.3 is 25.2 Å². The van der Waals surface area contributed by atoms with E-state index in [4.69, 9.17) is 10.2 Å². The summed E-state index contributed by atoms with van der Waals surface area (Å²) in [5.74, 6) is -0.645. The van der Waals surface area contributed by atoms with Gasteiger partial charge in [0.05, 0.1) is 23.7 Å². The number of fused-ring (bicyclic) bond motifs is 1. The number of benzene rings is 1. The molecule has 0 radical (unpaired) electrons. The number of amides is 1. The SMILES string of the molecule is Cc1cc2nc(C(=O)NCCO)c(=O)n(CCC(O)CCO)c2cc1C.[Pd]. The fourth-order valence-electron chi connectivity index (χ4n) is 2.69. The van der Waals surface area contributed by atoms with E-state index in [0.717, 1.165) is 11.1 Å². The van der Waals surface area contributed by atoms with Gasteiger partial charge in [-0.2, -0.15) is 0 Å². The van der Waals surface area contributed by atoms with Gasteiger partial charge in [0, 0.05) is 40.1 Å². The molecule has 1 amide bonds. The summed E-state index contributed by atoms with van der Waals surface area (Å²) < 4.78 is 1.43. The maximum atomic E-state index is 12.8. The van der Waals surface area contributed by atoms with Gasteiger partial charge in [0.25, 0.3) is 11.5 Å². The maximum Gasteiger partial charge on any atom is 0.282 e. The first kappa shape index (κ1) is 23.4. The van der Waals surface area contributed by atoms with Crippen LogP contribution < -0.4 is 10.9 Å². The first-order valence-corrected chi connectivity index (χ1v) is 8.58. The predicted molar refractivity (Wildman–Crippen MR) is 97.2 cm³/mol. The third kappa shape index (κ3) is 5.67. The molecule has 1 aromatic heterocycles. The molecule has 0 saturated carbocycles. The van der Waals surface area contributed by atoms with Crippen LogP contribution in [0.25, 0.3) is 11.0 Å². The molecule has 8 nitrogen and oxygen atoms in total. The molecule has 0 aliphatic rings. The van der Waals surface area contributed by atoms with Crippen molar-refractivity contribution in [1.82, 2.24) is 14.9 Å². The summed E-state index contributed by atoms with van der Waals surface area (Å²) in [6.07, 6.45) is -0.252. The van der Waals surface area contributed by atoms with Gasteiger partial charge in [-0.25, -0.2) is 4.98 Å². The zero-order valence-corrected chi connectivity index (χ0v) is 16.9. The molecule has 1 atom stereocenters. The Morgan fingerprint density at radius 2 is 1.85 bits per heavy atom. The summed E-state index contributed by atoms with van der Waals surface area (Å²) in [6, 6.07) is 3.65. The molecule has 0 fully saturated rings. The first-order valence-electron chi connectivity index (χ1n) is 8.58. The third-order valence-electron chi connectivity index (χ3n) is 4.32. The number of rotatable bonds is 8. The van der Waals surface area contributed by atoms with Crippen LogP contribution in [0.2, 0.25) is 0 Å². The van der Waals surface area contributed by atoms with Gasteiger partial charge in [0.2, 0.25) is 0 Å². The van der Waals surface area contributed by atoms with Gasteiger partial charge in [0.1, 0.15) is 0 Å². The van der Waals surface area contributed by atoms with Crippen LogP contribution in [-0.4, -0.2) is 56.6 Å². The predicted octanol–water partition coefficient (Wildman–Crippen LogP) is -0.134. The smallest absolute Gasteiger partial charge is 0.282 e. The van der Waals surface area contributed by atoms with E-state index in [1.54, 1.807) is 0 Å². The zero-order chi connectivity index (χ0) is 19.3. The molecular formula is C18H25N3O5Pd. The van der Waals surface area contributed by atoms with E-state index in [2.05, 4.69) is 10.3 Å². The van der Waals surface area contributed by atoms with Gasteiger partial charge in [-0.3, -0.25) is 9.59 Å². The number of carbonyl (C=O) groups excluding carboxylic acids is 1. The second-order valence-electron chi connectivity index (χ2n) is 6.28. The Morgan fingerprint density at radius 1 is 1.19 bits per heavy atom. The number of nitrogens with one attached hydrogen (secondary N) is 1. The fourth-order valence-corrected chi connectivity index (χ4v) is 2.69. The van der Waals surface area contributed by atoms with Crippen molar-refractivity contribution in [3.8, 4) is 0 Å². The first-order chi connectivity index (χ1) is 12.4. The topological polar surface area (TPSA) is 125 Å². The van der Waals surface area contributed by atoms with E-state index in [9.17, 15) is 14.7 Å². The number of carbonyl (C=O) groups is 1. The van der Waals surface area contributed by atoms with Crippen LogP contribution in [0, 0.1) is 13.8 Å². The van der Waals surface area contributed by atoms with Crippen molar-refractivity contribution in [1.29, 1.82) is 0 Å². The van der Waals surface area contributed by atoms with Crippen LogP contribution in [0.5, 0.6) is 0 Å². The number of aryl methyl sites for hydroxylation is 3. The van der Waals surface area contributed by atoms with Gasteiger partial charge in [-0.05, 0) is 49.9 Å². The molecule has 0 spiro atoms. The summed E-state index contributed by atoms with van der Waals surface area (Å²) in [6.45, 7) is 3.69. The maximum absolute atomic E-state index is 12.8. The van der Waals surface area contributed by atoms with Crippen molar-refractivity contribution in [3.63, 3.8) is 0 Å². The molecule has 0 saturated heterocycles. The molecule has 0 aliphatic carbocycles. The van der Waals surface area contributed by atoms with Crippen LogP contribution in [0.1, 0.15) is 34.5 Å². The molecule has 0 bridgehead atoms. The summed E-state index contributed by atoms with van der Waals surface area (Å²) in [5, 5.41) is 30.1. The Labute approximate surface area is 170 Å². The van der Waals surface area contributed by atoms with E-state index in [0.29, 0.717) is 11.0 Å². The fraction of sp³-hybridized carbons (Fsp3) is 0.500. The molecule has 27 heavy (non-hydrogen) atoms. The Kier molecular flexibility index (Phi) is 9.23. The quantitative estimate of drug-likeness (QED) is 0.399. The number of aliphatic hydroxyl groups is 3. The number of aliphatic hydroxyl groups excluding tert-OH is 3. The Bertz CT molecular complexity index is 853. The molecule has 2 aromatic rings. The molecular weight excluding hydrogens is 445 g/mol. The van der Waals surface area contributed by atoms with E-state index >= 15 is 0 Å². The minimum Gasteiger partial charge on any atom is -0.396 e. The van der Waals surface area contributed by atoms with E-state index in [1.807, 2.05) is 26.0 Å². The van der Waals surface area contributed by atoms with Gasteiger partial charge >= 0.3 is 0 Å². The molecule has 4 N–H and O–H groups in total. The van der Waals surface area contributed by atoms with Gasteiger partial charge in [0.15, 0.2) is 5.69 Å². The largest absolute Gasteiger partial charge is 0.396 e. The van der Waals surface area contributed by atoms with Crippen molar-refractivity contribution in [2.24, 2.45) is 0 Å². The minimum absolute atomic E-state index is 0. The second kappa shape index (κ2) is 10.6. The van der Waals surface area contributed by atoms with Crippen LogP contribution in [0.4, 0.5) is 0 Å². The molecule has 0 aliphatic heterocycles. The van der Waals surface area contributed by atoms with Crippen LogP contribution >= 0.6 is 0 Å². The summed E-state index contributed by atoms with van der Waals surface area (Å²) >= 11 is 0. The molecule has 1 unspecified atom stereocenters. The minimum atomic E-state index is -0.742. The van der Waals surface area contributed by atoms with Crippen LogP contribution in [0.15, 0.2) is 16.9 Å². The second-order valence-corrected chi connectivity index (χ2v) is 6.28. The van der Waals surface area contributed by atoms with E-state index < -0.39 is 17.6 Å². The van der Waals surface area contributed by atoms with Crippen molar-refractivity contribution in [2.75, 3.05) is 19.8 Å². The number of nitrogens with zero attached hydrogens (tertiary/aromatic N) is 2. The number of hydrogen-bond acceptors (Lipinski definition) is 6. The molecule has 9 heteroatoms. The summed E-state index contributed by atoms with van der Waals surface area (Å²) in [7, 11) is 0. The Hall–Kier alpha value is -1.63. The van der Waals surface area contributed by atoms with Gasteiger partial charge in [-0.1, -0.05) is 0 Å². The van der Waals surface area contributed by atoms with Gasteiger partial charge in [-0.15, -0.1) is 0 Å². The van der Waals surface area contributed by atoms with Crippen molar-refractivity contribution >= 4 is 16.9 Å². The van der Waals surface area contributed by atoms with E-state index in [1.165, 1.54) is 4.57 Å². The monoisotopic (exact) mass is 469 g/mol. The zero-order valence-electron chi connectivity index (χ0n) is 15.3. The summed E-state index contributed by atoms with van der Waals surface area (Å²) in [4.78, 5) is 29.3. The van der Waals surface area contributed by atoms with Crippen molar-refractivity contribution in [2.45, 2.75) is 39.3 Å². The van der Waals surface area contributed by atoms with Crippen LogP contribution in [-0.2, 0) is 27.0 Å². The third-order valence-corrected chi connectivity index (χ3v) is 4.32. The normalized spacial score (nSPS) is 11.9. The molecule has 152 valence electrons. The Balaban J connectivity index is 0.00000364. The number of aromatic nitrogens is 2. The standard InChI is InChI=1S/C18H25N3O5.Pd/c1-11-9-14-15(10-12(11)2)21(6-3-13(24)4-7-22)18(26)16(20-14)17(25)19-5-8-23;/h9-10,13,22-24H,3-8H2,1-2H3,(H,19,25);. The van der Waals surface area contributed by atoms with E-state index in [-0.39, 0.29) is 65.3 Å². The molecule has 1 heterocycles. The molecule has 2 rings (SSSR count). The van der Waals surface area contributed by atoms with Crippen molar-refractivity contribution < 1.29 is 40.5 Å². The Morgan fingerprint density at radius 3 is 2.48 bits per heavy atom. The average Bonchev–Trinajstić information content (AvgIpc) is 2.60. The average molecular weight is 470 g/mol.